The lowest BCUT2D eigenvalue weighted by atomic mass is 10.1. The van der Waals surface area contributed by atoms with Crippen molar-refractivity contribution in [3.63, 3.8) is 0 Å². The summed E-state index contributed by atoms with van der Waals surface area (Å²) in [7, 11) is 0. The van der Waals surface area contributed by atoms with Gasteiger partial charge in [0, 0.05) is 15.4 Å². The first kappa shape index (κ1) is 13.9. The Bertz CT molecular complexity index is 570. The van der Waals surface area contributed by atoms with Gasteiger partial charge < -0.3 is 4.74 Å². The average molecular weight is 391 g/mol. The third kappa shape index (κ3) is 3.28. The normalized spacial score (nSPS) is 10.4. The highest BCUT2D eigenvalue weighted by molar-refractivity contribution is 9.10. The fourth-order valence-corrected chi connectivity index (χ4v) is 2.52. The van der Waals surface area contributed by atoms with Crippen LogP contribution in [0.5, 0.6) is 11.5 Å². The maximum atomic E-state index is 6.12. The summed E-state index contributed by atoms with van der Waals surface area (Å²) >= 11 is 13.0. The predicted molar refractivity (Wildman–Crippen MR) is 83.0 cm³/mol. The van der Waals surface area contributed by atoms with E-state index < -0.39 is 0 Å². The summed E-state index contributed by atoms with van der Waals surface area (Å²) in [4.78, 5) is 0. The van der Waals surface area contributed by atoms with Crippen LogP contribution in [-0.4, -0.2) is 0 Å². The first-order valence-electron chi connectivity index (χ1n) is 5.38. The maximum Gasteiger partial charge on any atom is 0.147 e. The van der Waals surface area contributed by atoms with Crippen molar-refractivity contribution in [3.05, 3.63) is 57.0 Å². The number of hydrogen-bond acceptors (Lipinski definition) is 1. The molecule has 0 unspecified atom stereocenters. The van der Waals surface area contributed by atoms with Gasteiger partial charge in [-0.05, 0) is 31.2 Å². The van der Waals surface area contributed by atoms with Crippen LogP contribution in [0.1, 0.15) is 11.1 Å². The van der Waals surface area contributed by atoms with Gasteiger partial charge in [0.25, 0.3) is 0 Å². The number of halogens is 3. The molecule has 0 saturated heterocycles. The number of aryl methyl sites for hydroxylation is 1. The van der Waals surface area contributed by atoms with Gasteiger partial charge in [-0.2, -0.15) is 0 Å². The smallest absolute Gasteiger partial charge is 0.147 e. The largest absolute Gasteiger partial charge is 0.455 e. The Morgan fingerprint density at radius 3 is 2.61 bits per heavy atom. The van der Waals surface area contributed by atoms with Gasteiger partial charge >= 0.3 is 0 Å². The van der Waals surface area contributed by atoms with Crippen LogP contribution >= 0.6 is 43.5 Å². The van der Waals surface area contributed by atoms with Gasteiger partial charge in [-0.15, -0.1) is 0 Å². The highest BCUT2D eigenvalue weighted by Gasteiger charge is 2.08. The number of hydrogen-bond donors (Lipinski definition) is 0. The molecule has 18 heavy (non-hydrogen) atoms. The minimum Gasteiger partial charge on any atom is -0.455 e. The van der Waals surface area contributed by atoms with E-state index in [-0.39, 0.29) is 0 Å². The van der Waals surface area contributed by atoms with Crippen molar-refractivity contribution < 1.29 is 4.74 Å². The summed E-state index contributed by atoms with van der Waals surface area (Å²) in [5.41, 5.74) is 2.31. The van der Waals surface area contributed by atoms with Crippen molar-refractivity contribution in [3.8, 4) is 11.5 Å². The molecule has 0 fully saturated rings. The third-order valence-electron chi connectivity index (χ3n) is 2.47. The maximum absolute atomic E-state index is 6.12. The number of benzene rings is 2. The van der Waals surface area contributed by atoms with Crippen LogP contribution in [0.15, 0.2) is 40.9 Å². The molecule has 0 bridgehead atoms. The molecule has 0 spiro atoms. The molecule has 2 aromatic carbocycles. The SMILES string of the molecule is Cc1ccc(Oc2cc(Br)ccc2Cl)c(CBr)c1. The Balaban J connectivity index is 2.36. The van der Waals surface area contributed by atoms with E-state index in [2.05, 4.69) is 44.8 Å². The topological polar surface area (TPSA) is 9.23 Å². The number of ether oxygens (including phenoxy) is 1. The van der Waals surface area contributed by atoms with Crippen molar-refractivity contribution in [2.45, 2.75) is 12.3 Å². The highest BCUT2D eigenvalue weighted by Crippen LogP contribution is 2.34. The molecule has 0 atom stereocenters. The quantitative estimate of drug-likeness (QED) is 0.576. The standard InChI is InChI=1S/C14H11Br2ClO/c1-9-2-5-13(10(6-9)8-15)18-14-7-11(16)3-4-12(14)17/h2-7H,8H2,1H3. The van der Waals surface area contributed by atoms with Gasteiger partial charge in [0.15, 0.2) is 0 Å². The molecule has 0 amide bonds. The molecule has 2 rings (SSSR count). The summed E-state index contributed by atoms with van der Waals surface area (Å²) in [5, 5.41) is 1.34. The molecular weight excluding hydrogens is 379 g/mol. The van der Waals surface area contributed by atoms with Crippen molar-refractivity contribution in [1.29, 1.82) is 0 Å². The van der Waals surface area contributed by atoms with Gasteiger partial charge in [0.05, 0.1) is 5.02 Å². The van der Waals surface area contributed by atoms with E-state index >= 15 is 0 Å². The minimum atomic E-state index is 0.597. The molecule has 0 aliphatic rings. The van der Waals surface area contributed by atoms with Crippen molar-refractivity contribution >= 4 is 43.5 Å². The molecule has 0 aliphatic heterocycles. The summed E-state index contributed by atoms with van der Waals surface area (Å²) in [6.07, 6.45) is 0. The van der Waals surface area contributed by atoms with Crippen LogP contribution in [0.3, 0.4) is 0 Å². The van der Waals surface area contributed by atoms with Gasteiger partial charge in [0.1, 0.15) is 11.5 Å². The zero-order valence-corrected chi connectivity index (χ0v) is 13.6. The molecule has 2 aromatic rings. The average Bonchev–Trinajstić information content (AvgIpc) is 2.36. The van der Waals surface area contributed by atoms with Gasteiger partial charge in [-0.3, -0.25) is 0 Å². The fourth-order valence-electron chi connectivity index (χ4n) is 1.59. The van der Waals surface area contributed by atoms with Crippen LogP contribution in [0, 0.1) is 6.92 Å². The van der Waals surface area contributed by atoms with E-state index in [4.69, 9.17) is 16.3 Å². The molecule has 0 heterocycles. The van der Waals surface area contributed by atoms with Crippen LogP contribution in [0.25, 0.3) is 0 Å². The molecule has 1 nitrogen and oxygen atoms in total. The van der Waals surface area contributed by atoms with E-state index in [1.54, 1.807) is 0 Å². The van der Waals surface area contributed by atoms with Crippen LogP contribution in [0.4, 0.5) is 0 Å². The summed E-state index contributed by atoms with van der Waals surface area (Å²) in [6, 6.07) is 11.6. The zero-order valence-electron chi connectivity index (χ0n) is 9.71. The Kier molecular flexibility index (Phi) is 4.71. The molecule has 0 saturated carbocycles. The molecule has 0 aromatic heterocycles. The second kappa shape index (κ2) is 6.09. The van der Waals surface area contributed by atoms with Crippen molar-refractivity contribution in [1.82, 2.24) is 0 Å². The van der Waals surface area contributed by atoms with Gasteiger partial charge in [-0.25, -0.2) is 0 Å². The molecule has 0 N–H and O–H groups in total. The van der Waals surface area contributed by atoms with Gasteiger partial charge in [0.2, 0.25) is 0 Å². The van der Waals surface area contributed by atoms with E-state index in [1.165, 1.54) is 5.56 Å². The third-order valence-corrected chi connectivity index (χ3v) is 3.88. The van der Waals surface area contributed by atoms with Gasteiger partial charge in [-0.1, -0.05) is 61.2 Å². The Morgan fingerprint density at radius 1 is 1.11 bits per heavy atom. The monoisotopic (exact) mass is 388 g/mol. The van der Waals surface area contributed by atoms with Crippen molar-refractivity contribution in [2.75, 3.05) is 0 Å². The molecular formula is C14H11Br2ClO. The first-order valence-corrected chi connectivity index (χ1v) is 7.68. The van der Waals surface area contributed by atoms with Crippen molar-refractivity contribution in [2.24, 2.45) is 0 Å². The summed E-state index contributed by atoms with van der Waals surface area (Å²) < 4.78 is 6.81. The van der Waals surface area contributed by atoms with Crippen LogP contribution in [-0.2, 0) is 5.33 Å². The van der Waals surface area contributed by atoms with E-state index in [0.29, 0.717) is 10.8 Å². The summed E-state index contributed by atoms with van der Waals surface area (Å²) in [5.74, 6) is 1.47. The Labute approximate surface area is 128 Å². The predicted octanol–water partition coefficient (Wildman–Crippen LogP) is 6.10. The number of rotatable bonds is 3. The molecule has 0 aliphatic carbocycles. The van der Waals surface area contributed by atoms with Crippen LogP contribution < -0.4 is 4.74 Å². The van der Waals surface area contributed by atoms with Crippen LogP contribution in [0.2, 0.25) is 5.02 Å². The van der Waals surface area contributed by atoms with E-state index in [9.17, 15) is 0 Å². The first-order chi connectivity index (χ1) is 8.60. The van der Waals surface area contributed by atoms with E-state index in [1.807, 2.05) is 30.3 Å². The molecule has 94 valence electrons. The molecule has 0 radical (unpaired) electrons. The van der Waals surface area contributed by atoms with E-state index in [0.717, 1.165) is 21.1 Å². The summed E-state index contributed by atoms with van der Waals surface area (Å²) in [6.45, 7) is 2.06. The fraction of sp³-hybridized carbons (Fsp3) is 0.143. The zero-order chi connectivity index (χ0) is 13.1. The lowest BCUT2D eigenvalue weighted by Gasteiger charge is -2.12. The second-order valence-corrected chi connectivity index (χ2v) is 5.81. The lowest BCUT2D eigenvalue weighted by molar-refractivity contribution is 0.478. The molecule has 4 heteroatoms. The number of alkyl halides is 1. The lowest BCUT2D eigenvalue weighted by Crippen LogP contribution is -1.91. The minimum absolute atomic E-state index is 0.597. The Hall–Kier alpha value is -0.510. The Morgan fingerprint density at radius 2 is 1.89 bits per heavy atom. The second-order valence-electron chi connectivity index (χ2n) is 3.92. The highest BCUT2D eigenvalue weighted by atomic mass is 79.9.